The average molecular weight is 861 g/mol. The molecule has 6 unspecified atom stereocenters. The number of rotatable bonds is 37. The zero-order valence-corrected chi connectivity index (χ0v) is 37.2. The van der Waals surface area contributed by atoms with Crippen molar-refractivity contribution < 1.29 is 63.1 Å². The van der Waals surface area contributed by atoms with E-state index in [4.69, 9.17) is 18.5 Å². The van der Waals surface area contributed by atoms with Crippen LogP contribution in [0, 0.1) is 0 Å². The van der Waals surface area contributed by atoms with Crippen LogP contribution in [0.25, 0.3) is 0 Å². The number of hydrogen-bond donors (Lipinski definition) is 6. The van der Waals surface area contributed by atoms with E-state index in [1.165, 1.54) is 96.3 Å². The number of phosphoric acid groups is 1. The van der Waals surface area contributed by atoms with Crippen molar-refractivity contribution in [2.24, 2.45) is 0 Å². The average Bonchev–Trinajstić information content (AvgIpc) is 3.21. The molecule has 1 aliphatic carbocycles. The molecule has 1 fully saturated rings. The Morgan fingerprint density at radius 3 is 1.44 bits per heavy atom. The summed E-state index contributed by atoms with van der Waals surface area (Å²) in [5.41, 5.74) is 0. The van der Waals surface area contributed by atoms with E-state index in [0.717, 1.165) is 38.5 Å². The van der Waals surface area contributed by atoms with Gasteiger partial charge in [0.2, 0.25) is 0 Å². The van der Waals surface area contributed by atoms with Crippen molar-refractivity contribution >= 4 is 19.8 Å². The first-order chi connectivity index (χ1) is 28.4. The highest BCUT2D eigenvalue weighted by Crippen LogP contribution is 2.47. The van der Waals surface area contributed by atoms with Gasteiger partial charge in [0.1, 0.15) is 43.2 Å². The Bertz CT molecular complexity index is 1180. The molecule has 0 saturated heterocycles. The molecule has 8 atom stereocenters. The number of allylic oxidation sites excluding steroid dienone is 6. The fourth-order valence-corrected chi connectivity index (χ4v) is 7.75. The minimum Gasteiger partial charge on any atom is -0.462 e. The Morgan fingerprint density at radius 1 is 0.525 bits per heavy atom. The van der Waals surface area contributed by atoms with E-state index < -0.39 is 75.7 Å². The maximum atomic E-state index is 12.8. The molecule has 14 heteroatoms. The third-order valence-electron chi connectivity index (χ3n) is 10.5. The van der Waals surface area contributed by atoms with Gasteiger partial charge in [0.05, 0.1) is 6.61 Å². The van der Waals surface area contributed by atoms with Crippen molar-refractivity contribution in [2.45, 2.75) is 224 Å². The van der Waals surface area contributed by atoms with Gasteiger partial charge in [-0.1, -0.05) is 159 Å². The second-order valence-electron chi connectivity index (χ2n) is 15.9. The topological polar surface area (TPSA) is 210 Å². The number of ether oxygens (including phenoxy) is 2. The molecule has 0 aromatic carbocycles. The first kappa shape index (κ1) is 55.1. The molecule has 0 aromatic heterocycles. The zero-order valence-electron chi connectivity index (χ0n) is 36.3. The van der Waals surface area contributed by atoms with Crippen LogP contribution in [0.3, 0.4) is 0 Å². The molecule has 344 valence electrons. The lowest BCUT2D eigenvalue weighted by Crippen LogP contribution is -2.64. The molecule has 1 aliphatic rings. The number of unbranched alkanes of at least 4 members (excludes halogenated alkanes) is 19. The summed E-state index contributed by atoms with van der Waals surface area (Å²) in [6.45, 7) is 3.24. The predicted octanol–water partition coefficient (Wildman–Crippen LogP) is 8.61. The minimum atomic E-state index is -5.13. The van der Waals surface area contributed by atoms with Crippen molar-refractivity contribution in [2.75, 3.05) is 13.2 Å². The fraction of sp³-hybridized carbons (Fsp3) is 0.822. The van der Waals surface area contributed by atoms with Crippen LogP contribution < -0.4 is 0 Å². The first-order valence-electron chi connectivity index (χ1n) is 22.8. The number of carbonyl (C=O) groups is 2. The maximum Gasteiger partial charge on any atom is 0.472 e. The van der Waals surface area contributed by atoms with Gasteiger partial charge in [0.15, 0.2) is 6.10 Å². The summed E-state index contributed by atoms with van der Waals surface area (Å²) in [6.07, 6.45) is 26.4. The molecule has 0 spiro atoms. The van der Waals surface area contributed by atoms with Crippen LogP contribution in [0.5, 0.6) is 0 Å². The third kappa shape index (κ3) is 28.3. The van der Waals surface area contributed by atoms with Gasteiger partial charge in [0, 0.05) is 12.8 Å². The lowest BCUT2D eigenvalue weighted by atomic mass is 9.85. The highest BCUT2D eigenvalue weighted by molar-refractivity contribution is 7.47. The molecule has 1 saturated carbocycles. The fourth-order valence-electron chi connectivity index (χ4n) is 6.77. The Hall–Kier alpha value is -1.93. The number of phosphoric ester groups is 1. The molecule has 6 N–H and O–H groups in total. The van der Waals surface area contributed by atoms with Crippen LogP contribution in [0.15, 0.2) is 36.5 Å². The summed E-state index contributed by atoms with van der Waals surface area (Å²) < 4.78 is 33.4. The van der Waals surface area contributed by atoms with E-state index >= 15 is 0 Å². The van der Waals surface area contributed by atoms with Crippen LogP contribution in [-0.2, 0) is 32.7 Å². The number of carbonyl (C=O) groups excluding carboxylic acids is 2. The van der Waals surface area contributed by atoms with Crippen molar-refractivity contribution in [1.29, 1.82) is 0 Å². The van der Waals surface area contributed by atoms with E-state index in [9.17, 15) is 44.6 Å². The number of aliphatic hydroxyl groups excluding tert-OH is 5. The molecule has 0 amide bonds. The van der Waals surface area contributed by atoms with Gasteiger partial charge in [-0.25, -0.2) is 4.57 Å². The van der Waals surface area contributed by atoms with Gasteiger partial charge >= 0.3 is 19.8 Å². The van der Waals surface area contributed by atoms with Crippen molar-refractivity contribution in [3.8, 4) is 0 Å². The van der Waals surface area contributed by atoms with E-state index in [1.807, 2.05) is 12.2 Å². The van der Waals surface area contributed by atoms with E-state index in [1.54, 1.807) is 0 Å². The van der Waals surface area contributed by atoms with Gasteiger partial charge in [-0.15, -0.1) is 0 Å². The van der Waals surface area contributed by atoms with Gasteiger partial charge in [-0.05, 0) is 44.9 Å². The smallest absolute Gasteiger partial charge is 0.462 e. The standard InChI is InChI=1S/C45H81O13P/c1-3-5-7-9-11-13-15-17-18-19-20-22-24-26-28-30-32-34-39(47)57-37(36-56-59(53,54)58-45-43(51)41(49)40(48)42(50)44(45)52)35-55-38(46)33-31-29-27-25-23-21-16-14-12-10-8-6-4-2/h17-18,20,22,26,28,37,40-45,48-52H,3-16,19,21,23-25,27,29-36H2,1-2H3,(H,53,54)/t37-,40?,41-,42?,43?,44?,45?/m1/s1. The van der Waals surface area contributed by atoms with Gasteiger partial charge in [-0.3, -0.25) is 18.6 Å². The van der Waals surface area contributed by atoms with Crippen LogP contribution in [0.2, 0.25) is 0 Å². The van der Waals surface area contributed by atoms with Gasteiger partial charge in [0.25, 0.3) is 0 Å². The van der Waals surface area contributed by atoms with Crippen LogP contribution in [0.1, 0.15) is 181 Å². The zero-order chi connectivity index (χ0) is 43.6. The summed E-state index contributed by atoms with van der Waals surface area (Å²) in [5.74, 6) is -1.16. The highest BCUT2D eigenvalue weighted by atomic mass is 31.2. The summed E-state index contributed by atoms with van der Waals surface area (Å²) in [7, 11) is -5.13. The second kappa shape index (κ2) is 35.6. The van der Waals surface area contributed by atoms with E-state index in [0.29, 0.717) is 19.3 Å². The summed E-state index contributed by atoms with van der Waals surface area (Å²) >= 11 is 0. The maximum absolute atomic E-state index is 12.8. The SMILES string of the molecule is CCCCCCCCC=CCC=CCC=CCCCC(=O)O[C@H](COC(=O)CCCCCCCCCCCCCCC)COP(=O)(O)OC1C(O)C(O)C(O)[C@@H](O)C1O. The molecule has 0 aromatic rings. The lowest BCUT2D eigenvalue weighted by Gasteiger charge is -2.41. The van der Waals surface area contributed by atoms with Gasteiger partial charge in [-0.2, -0.15) is 0 Å². The Kier molecular flexibility index (Phi) is 33.3. The monoisotopic (exact) mass is 861 g/mol. The minimum absolute atomic E-state index is 0.0266. The summed E-state index contributed by atoms with van der Waals surface area (Å²) in [4.78, 5) is 35.6. The molecule has 59 heavy (non-hydrogen) atoms. The molecule has 0 bridgehead atoms. The first-order valence-corrected chi connectivity index (χ1v) is 24.3. The number of esters is 2. The van der Waals surface area contributed by atoms with Crippen molar-refractivity contribution in [3.63, 3.8) is 0 Å². The molecule has 13 nitrogen and oxygen atoms in total. The number of hydrogen-bond acceptors (Lipinski definition) is 12. The van der Waals surface area contributed by atoms with E-state index in [2.05, 4.69) is 38.2 Å². The lowest BCUT2D eigenvalue weighted by molar-refractivity contribution is -0.220. The van der Waals surface area contributed by atoms with Crippen molar-refractivity contribution in [3.05, 3.63) is 36.5 Å². The van der Waals surface area contributed by atoms with Crippen LogP contribution >= 0.6 is 7.82 Å². The summed E-state index contributed by atoms with van der Waals surface area (Å²) in [6, 6.07) is 0. The predicted molar refractivity (Wildman–Crippen MR) is 230 cm³/mol. The second-order valence-corrected chi connectivity index (χ2v) is 17.3. The third-order valence-corrected chi connectivity index (χ3v) is 11.5. The molecule has 0 aliphatic heterocycles. The Balaban J connectivity index is 2.51. The molecular formula is C45H81O13P. The van der Waals surface area contributed by atoms with Gasteiger partial charge < -0.3 is 39.9 Å². The Labute approximate surface area is 355 Å². The largest absolute Gasteiger partial charge is 0.472 e. The highest BCUT2D eigenvalue weighted by Gasteiger charge is 2.51. The molecular weight excluding hydrogens is 779 g/mol. The van der Waals surface area contributed by atoms with E-state index in [-0.39, 0.29) is 12.8 Å². The molecule has 0 heterocycles. The Morgan fingerprint density at radius 2 is 0.932 bits per heavy atom. The molecule has 1 rings (SSSR count). The normalized spacial score (nSPS) is 22.6. The van der Waals surface area contributed by atoms with Crippen molar-refractivity contribution in [1.82, 2.24) is 0 Å². The molecule has 0 radical (unpaired) electrons. The van der Waals surface area contributed by atoms with Crippen LogP contribution in [-0.4, -0.2) is 98.3 Å². The number of aliphatic hydroxyl groups is 5. The van der Waals surface area contributed by atoms with Crippen LogP contribution in [0.4, 0.5) is 0 Å². The quantitative estimate of drug-likeness (QED) is 0.0150. The summed E-state index contributed by atoms with van der Waals surface area (Å²) in [5, 5.41) is 50.1.